The maximum atomic E-state index is 13.6. The van der Waals surface area contributed by atoms with Crippen LogP contribution < -0.4 is 10.6 Å². The van der Waals surface area contributed by atoms with E-state index in [1.165, 1.54) is 11.1 Å². The Labute approximate surface area is 208 Å². The quantitative estimate of drug-likeness (QED) is 0.604. The van der Waals surface area contributed by atoms with Crippen LogP contribution in [0.4, 0.5) is 10.5 Å². The molecule has 0 saturated heterocycles. The molecule has 3 N–H and O–H groups in total. The molecule has 2 aromatic rings. The molecule has 1 aliphatic heterocycles. The normalized spacial score (nSPS) is 15.4. The molecule has 176 valence electrons. The Kier molecular flexibility index (Phi) is 7.10. The highest BCUT2D eigenvalue weighted by molar-refractivity contribution is 6.30. The first-order valence-corrected chi connectivity index (χ1v) is 11.2. The Morgan fingerprint density at radius 3 is 2.31 bits per heavy atom. The van der Waals surface area contributed by atoms with Crippen molar-refractivity contribution in [3.05, 3.63) is 125 Å². The molecular formula is C27H23ClN4O3. The van der Waals surface area contributed by atoms with Gasteiger partial charge >= 0.3 is 6.03 Å². The predicted molar refractivity (Wildman–Crippen MR) is 137 cm³/mol. The topological polar surface area (TPSA) is 99.2 Å². The number of rotatable bonds is 4. The molecule has 1 heterocycles. The Morgan fingerprint density at radius 2 is 1.69 bits per heavy atom. The number of benzene rings is 2. The number of nitrogens with zero attached hydrogens (tertiary/aromatic N) is 3. The number of nitrogens with two attached hydrogens (primary N) is 1. The summed E-state index contributed by atoms with van der Waals surface area (Å²) >= 11 is 6.02. The number of allylic oxidation sites excluding steroid dienone is 8. The van der Waals surface area contributed by atoms with E-state index in [1.807, 2.05) is 25.1 Å². The average Bonchev–Trinajstić information content (AvgIpc) is 2.84. The summed E-state index contributed by atoms with van der Waals surface area (Å²) in [5, 5.41) is 11.5. The van der Waals surface area contributed by atoms with Gasteiger partial charge in [0.2, 0.25) is 0 Å². The van der Waals surface area contributed by atoms with Crippen molar-refractivity contribution in [3.8, 4) is 0 Å². The number of hydrogen-bond donors (Lipinski definition) is 2. The maximum Gasteiger partial charge on any atom is 0.320 e. The molecule has 0 bridgehead atoms. The van der Waals surface area contributed by atoms with Gasteiger partial charge in [-0.15, -0.1) is 0 Å². The van der Waals surface area contributed by atoms with Gasteiger partial charge in [-0.3, -0.25) is 14.9 Å². The number of anilines is 1. The first kappa shape index (κ1) is 23.9. The molecule has 1 aliphatic carbocycles. The molecule has 0 fully saturated rings. The summed E-state index contributed by atoms with van der Waals surface area (Å²) in [6, 6.07) is 11.9. The summed E-state index contributed by atoms with van der Waals surface area (Å²) in [5.74, 6) is -0.558. The number of carbonyl (C=O) groups excluding carboxylic acids is 2. The summed E-state index contributed by atoms with van der Waals surface area (Å²) < 4.78 is 0. The molecule has 3 amide bonds. The fraction of sp³-hybridized carbons (Fsp3) is 0.0741. The lowest BCUT2D eigenvalue weighted by molar-refractivity contribution is -0.119. The van der Waals surface area contributed by atoms with Gasteiger partial charge in [0.15, 0.2) is 0 Å². The number of hydrogen-bond acceptors (Lipinski definition) is 4. The van der Waals surface area contributed by atoms with Crippen LogP contribution in [0.25, 0.3) is 0 Å². The number of halogens is 1. The number of urea groups is 1. The standard InChI is InChI=1S/C27H23ClN4O3/c1-18-6-2-3-7-23(18)25(32(27(29)34)22-15-11-20(28)12-16-22)26(33)30-21-13-9-19(10-14-21)24-8-4-5-17-31(24)35/h2-17,25,35H,1H3,(H2,29,34). The van der Waals surface area contributed by atoms with Gasteiger partial charge in [-0.05, 0) is 66.6 Å². The lowest BCUT2D eigenvalue weighted by Gasteiger charge is -2.29. The van der Waals surface area contributed by atoms with E-state index >= 15 is 0 Å². The van der Waals surface area contributed by atoms with E-state index in [9.17, 15) is 14.8 Å². The van der Waals surface area contributed by atoms with Gasteiger partial charge in [0.1, 0.15) is 6.04 Å². The molecule has 0 radical (unpaired) electrons. The Balaban J connectivity index is 1.72. The molecule has 4 rings (SSSR count). The number of primary amides is 1. The Hall–Kier alpha value is -4.20. The van der Waals surface area contributed by atoms with Gasteiger partial charge < -0.3 is 5.73 Å². The zero-order valence-corrected chi connectivity index (χ0v) is 19.6. The Bertz CT molecular complexity index is 1320. The van der Waals surface area contributed by atoms with E-state index in [1.54, 1.807) is 72.9 Å². The van der Waals surface area contributed by atoms with Crippen molar-refractivity contribution in [2.45, 2.75) is 13.0 Å². The molecule has 0 saturated carbocycles. The minimum absolute atomic E-state index is 0.401. The van der Waals surface area contributed by atoms with Crippen LogP contribution in [-0.4, -0.2) is 27.9 Å². The largest absolute Gasteiger partial charge is 0.351 e. The third kappa shape index (κ3) is 5.32. The monoisotopic (exact) mass is 486 g/mol. The van der Waals surface area contributed by atoms with Gasteiger partial charge in [0.05, 0.1) is 11.4 Å². The fourth-order valence-corrected chi connectivity index (χ4v) is 3.97. The fourth-order valence-electron chi connectivity index (χ4n) is 3.84. The zero-order valence-electron chi connectivity index (χ0n) is 18.9. The third-order valence-electron chi connectivity index (χ3n) is 5.56. The lowest BCUT2D eigenvalue weighted by Crippen LogP contribution is -2.42. The van der Waals surface area contributed by atoms with Crippen molar-refractivity contribution in [1.29, 1.82) is 0 Å². The van der Waals surface area contributed by atoms with Gasteiger partial charge in [-0.1, -0.05) is 54.1 Å². The number of hydroxylamine groups is 2. The number of carbonyl (C=O) groups is 2. The molecule has 1 unspecified atom stereocenters. The minimum atomic E-state index is -1.08. The second-order valence-corrected chi connectivity index (χ2v) is 8.31. The molecule has 0 aromatic heterocycles. The van der Waals surface area contributed by atoms with Crippen LogP contribution in [0.5, 0.6) is 0 Å². The van der Waals surface area contributed by atoms with Crippen molar-refractivity contribution in [2.24, 2.45) is 10.7 Å². The van der Waals surface area contributed by atoms with Crippen LogP contribution in [-0.2, 0) is 4.79 Å². The molecular weight excluding hydrogens is 464 g/mol. The SMILES string of the molecule is Cc1ccccc1C(C(=O)N=C1C=CC(=C2C=CC=CN2O)C=C1)N(C(N)=O)c1ccc(Cl)cc1. The van der Waals surface area contributed by atoms with E-state index in [0.29, 0.717) is 27.7 Å². The smallest absolute Gasteiger partial charge is 0.320 e. The summed E-state index contributed by atoms with van der Waals surface area (Å²) in [5.41, 5.74) is 9.34. The molecule has 35 heavy (non-hydrogen) atoms. The highest BCUT2D eigenvalue weighted by atomic mass is 35.5. The van der Waals surface area contributed by atoms with Crippen molar-refractivity contribution < 1.29 is 14.8 Å². The van der Waals surface area contributed by atoms with Crippen LogP contribution in [0.15, 0.2) is 114 Å². The van der Waals surface area contributed by atoms with Gasteiger partial charge in [-0.25, -0.2) is 14.9 Å². The second-order valence-electron chi connectivity index (χ2n) is 7.87. The highest BCUT2D eigenvalue weighted by Gasteiger charge is 2.32. The predicted octanol–water partition coefficient (Wildman–Crippen LogP) is 5.40. The Morgan fingerprint density at radius 1 is 1.00 bits per heavy atom. The average molecular weight is 487 g/mol. The summed E-state index contributed by atoms with van der Waals surface area (Å²) in [6.45, 7) is 1.86. The summed E-state index contributed by atoms with van der Waals surface area (Å²) in [6.07, 6.45) is 13.7. The minimum Gasteiger partial charge on any atom is -0.351 e. The molecule has 2 aliphatic rings. The van der Waals surface area contributed by atoms with E-state index in [0.717, 1.165) is 16.2 Å². The van der Waals surface area contributed by atoms with Crippen LogP contribution in [0.1, 0.15) is 17.2 Å². The van der Waals surface area contributed by atoms with E-state index in [-0.39, 0.29) is 0 Å². The molecule has 1 atom stereocenters. The molecule has 8 heteroatoms. The highest BCUT2D eigenvalue weighted by Crippen LogP contribution is 2.31. The van der Waals surface area contributed by atoms with Crippen molar-refractivity contribution in [1.82, 2.24) is 5.06 Å². The van der Waals surface area contributed by atoms with Crippen LogP contribution in [0.3, 0.4) is 0 Å². The van der Waals surface area contributed by atoms with Crippen LogP contribution >= 0.6 is 11.6 Å². The van der Waals surface area contributed by atoms with Crippen molar-refractivity contribution in [3.63, 3.8) is 0 Å². The van der Waals surface area contributed by atoms with Crippen molar-refractivity contribution >= 4 is 34.9 Å². The van der Waals surface area contributed by atoms with Crippen LogP contribution in [0.2, 0.25) is 5.02 Å². The lowest BCUT2D eigenvalue weighted by atomic mass is 9.98. The summed E-state index contributed by atoms with van der Waals surface area (Å²) in [7, 11) is 0. The van der Waals surface area contributed by atoms with E-state index in [4.69, 9.17) is 17.3 Å². The van der Waals surface area contributed by atoms with E-state index < -0.39 is 18.0 Å². The molecule has 0 spiro atoms. The van der Waals surface area contributed by atoms with Gasteiger partial charge in [0.25, 0.3) is 5.91 Å². The van der Waals surface area contributed by atoms with Gasteiger partial charge in [0, 0.05) is 22.5 Å². The third-order valence-corrected chi connectivity index (χ3v) is 5.81. The van der Waals surface area contributed by atoms with Gasteiger partial charge in [-0.2, -0.15) is 0 Å². The van der Waals surface area contributed by atoms with Crippen LogP contribution in [0, 0.1) is 6.92 Å². The first-order valence-electron chi connectivity index (χ1n) is 10.8. The summed E-state index contributed by atoms with van der Waals surface area (Å²) in [4.78, 5) is 31.7. The first-order chi connectivity index (χ1) is 16.8. The molecule has 2 aromatic carbocycles. The second kappa shape index (κ2) is 10.4. The number of aliphatic imine (C=N–C) groups is 1. The zero-order chi connectivity index (χ0) is 24.9. The van der Waals surface area contributed by atoms with Crippen molar-refractivity contribution in [2.75, 3.05) is 4.90 Å². The number of amides is 3. The maximum absolute atomic E-state index is 13.6. The van der Waals surface area contributed by atoms with E-state index in [2.05, 4.69) is 4.99 Å². The number of aryl methyl sites for hydroxylation is 1. The molecule has 7 nitrogen and oxygen atoms in total.